The summed E-state index contributed by atoms with van der Waals surface area (Å²) in [4.78, 5) is 25.3. The van der Waals surface area contributed by atoms with Crippen LogP contribution in [0.1, 0.15) is 229 Å². The van der Waals surface area contributed by atoms with E-state index in [9.17, 15) is 8.78 Å². The quantitative estimate of drug-likeness (QED) is 0.126. The Balaban J connectivity index is 0.000000307. The van der Waals surface area contributed by atoms with Crippen LogP contribution in [-0.4, -0.2) is 37.0 Å². The number of fused-ring (bicyclic) bond motifs is 2. The Kier molecular flexibility index (Phi) is 35.9. The maximum atomic E-state index is 12.8. The molecule has 6 heterocycles. The topological polar surface area (TPSA) is 86.6 Å². The summed E-state index contributed by atoms with van der Waals surface area (Å²) in [6.45, 7) is 57.3. The number of nitrogens with zero attached hydrogens (tertiary/aromatic N) is 6. The number of aryl methyl sites for hydroxylation is 3. The van der Waals surface area contributed by atoms with Gasteiger partial charge in [0.1, 0.15) is 5.82 Å². The molecule has 4 aromatic carbocycles. The molecule has 0 amide bonds. The third kappa shape index (κ3) is 43.6. The molecule has 0 aliphatic carbocycles. The lowest BCUT2D eigenvalue weighted by atomic mass is 9.87. The first-order chi connectivity index (χ1) is 47.6. The number of pyridine rings is 6. The molecule has 0 saturated heterocycles. The summed E-state index contributed by atoms with van der Waals surface area (Å²) in [5.41, 5.74) is 15.6. The highest BCUT2D eigenvalue weighted by molar-refractivity contribution is 5.82. The van der Waals surface area contributed by atoms with E-state index >= 15 is 0 Å². The van der Waals surface area contributed by atoms with E-state index in [0.717, 1.165) is 79.4 Å². The van der Waals surface area contributed by atoms with Crippen LogP contribution in [0.15, 0.2) is 201 Å². The van der Waals surface area contributed by atoms with Gasteiger partial charge in [0.25, 0.3) is 0 Å². The van der Waals surface area contributed by atoms with Crippen molar-refractivity contribution in [2.24, 2.45) is 43.3 Å². The first kappa shape index (κ1) is 89.2. The molecule has 0 unspecified atom stereocenters. The van der Waals surface area contributed by atoms with Crippen LogP contribution in [0.25, 0.3) is 21.7 Å². The number of hydrogen-bond donors (Lipinski definition) is 0. The number of ether oxygens (including phenoxy) is 1. The van der Waals surface area contributed by atoms with Crippen molar-refractivity contribution < 1.29 is 13.5 Å². The molecule has 7 nitrogen and oxygen atoms in total. The van der Waals surface area contributed by atoms with E-state index in [1.165, 1.54) is 68.2 Å². The fourth-order valence-electron chi connectivity index (χ4n) is 10.9. The summed E-state index contributed by atoms with van der Waals surface area (Å²) in [6.07, 6.45) is 21.0. The molecular weight excluding hydrogens is 1270 g/mol. The lowest BCUT2D eigenvalue weighted by Crippen LogP contribution is -2.12. The fourth-order valence-corrected chi connectivity index (χ4v) is 10.9. The minimum absolute atomic E-state index is 0.142. The van der Waals surface area contributed by atoms with Crippen molar-refractivity contribution in [3.05, 3.63) is 269 Å². The molecule has 0 radical (unpaired) electrons. The van der Waals surface area contributed by atoms with Crippen LogP contribution in [-0.2, 0) is 51.4 Å². The van der Waals surface area contributed by atoms with Crippen molar-refractivity contribution in [1.29, 1.82) is 0 Å². The second-order valence-electron chi connectivity index (χ2n) is 37.1. The van der Waals surface area contributed by atoms with Crippen molar-refractivity contribution in [3.8, 4) is 5.88 Å². The molecule has 10 rings (SSSR count). The average Bonchev–Trinajstić information content (AvgIpc) is 0.825. The number of aromatic nitrogens is 6. The van der Waals surface area contributed by atoms with Crippen LogP contribution >= 0.6 is 0 Å². The third-order valence-electron chi connectivity index (χ3n) is 15.3. The van der Waals surface area contributed by atoms with E-state index in [-0.39, 0.29) is 22.6 Å². The summed E-state index contributed by atoms with van der Waals surface area (Å²) in [6, 6.07) is 54.1. The van der Waals surface area contributed by atoms with Crippen molar-refractivity contribution in [2.45, 2.75) is 238 Å². The Hall–Kier alpha value is -8.04. The van der Waals surface area contributed by atoms with Gasteiger partial charge in [-0.15, -0.1) is 0 Å². The summed E-state index contributed by atoms with van der Waals surface area (Å²) in [5.74, 6) is 0.152. The second-order valence-corrected chi connectivity index (χ2v) is 37.1. The van der Waals surface area contributed by atoms with Gasteiger partial charge >= 0.3 is 0 Å². The summed E-state index contributed by atoms with van der Waals surface area (Å²) in [7, 11) is 1.63. The maximum Gasteiger partial charge on any atom is 0.213 e. The Morgan fingerprint density at radius 3 is 1.39 bits per heavy atom. The molecule has 0 bridgehead atoms. The number of halogens is 2. The zero-order chi connectivity index (χ0) is 77.5. The van der Waals surface area contributed by atoms with E-state index < -0.39 is 0 Å². The number of methoxy groups -OCH3 is 1. The molecule has 103 heavy (non-hydrogen) atoms. The molecule has 0 aliphatic rings. The van der Waals surface area contributed by atoms with Gasteiger partial charge in [-0.25, -0.2) is 14.4 Å². The predicted molar refractivity (Wildman–Crippen MR) is 439 cm³/mol. The summed E-state index contributed by atoms with van der Waals surface area (Å²) < 4.78 is 30.5. The molecule has 0 fully saturated rings. The normalized spacial score (nSPS) is 11.7. The monoisotopic (exact) mass is 1400 g/mol. The highest BCUT2D eigenvalue weighted by Crippen LogP contribution is 2.29. The molecule has 6 aromatic heterocycles. The molecule has 558 valence electrons. The molecular formula is C94H132F2N6O. The van der Waals surface area contributed by atoms with Gasteiger partial charge in [0, 0.05) is 71.1 Å². The number of benzene rings is 4. The zero-order valence-corrected chi connectivity index (χ0v) is 68.8. The number of hydrogen-bond acceptors (Lipinski definition) is 7. The highest BCUT2D eigenvalue weighted by Gasteiger charge is 2.18. The van der Waals surface area contributed by atoms with Crippen LogP contribution < -0.4 is 4.74 Å². The van der Waals surface area contributed by atoms with Crippen LogP contribution in [0.2, 0.25) is 0 Å². The van der Waals surface area contributed by atoms with Crippen molar-refractivity contribution in [3.63, 3.8) is 0 Å². The molecule has 0 saturated carbocycles. The minimum atomic E-state index is -0.384. The largest absolute Gasteiger partial charge is 0.481 e. The standard InChI is InChI=1S/2C14H17N.C11H16FN.C11H15F.C11H17NO.2C11H17N.C11H16/c1-14(2,3)10-11-6-4-8-13-12(11)7-5-9-15-13;1-14(2,3)9-13-8-11-6-4-5-7-12(11)10-15-13;1-8-5-6-10(12)13-9(8)7-11(2,3)4;1-11(2,3)8-9-5-4-6-10(12)7-9;1-11(2,3)7-9-5-6-10(13-4)12-8-9;1-9-5-6-10(8-12-9)7-11(2,3)4;1-11(2,3)7-6-10-5-4-8-12-9-10;1-11(2,3)9-10-7-5-4-6-8-10/h4-9H,10H2,1-3H3;4-8,10H,9H2,1-3H3;5-6H,7H2,1-4H3;4-7H,8H2,1-3H3;5-6,8H,7H2,1-4H3;5-6,8H,7H2,1-4H3;4-5,8-9H,6-7H2,1-3H3;4-8H,9H2,1-3H3. The molecule has 0 atom stereocenters. The van der Waals surface area contributed by atoms with E-state index in [0.29, 0.717) is 38.4 Å². The third-order valence-corrected chi connectivity index (χ3v) is 15.3. The zero-order valence-electron chi connectivity index (χ0n) is 68.8. The second kappa shape index (κ2) is 41.5. The van der Waals surface area contributed by atoms with Gasteiger partial charge in [0.2, 0.25) is 11.8 Å². The van der Waals surface area contributed by atoms with Crippen molar-refractivity contribution >= 4 is 21.7 Å². The Labute approximate surface area is 624 Å². The van der Waals surface area contributed by atoms with Crippen LogP contribution in [0, 0.1) is 68.9 Å². The first-order valence-electron chi connectivity index (χ1n) is 37.0. The Morgan fingerprint density at radius 2 is 0.874 bits per heavy atom. The van der Waals surface area contributed by atoms with Crippen molar-refractivity contribution in [2.75, 3.05) is 7.11 Å². The molecule has 0 N–H and O–H groups in total. The SMILES string of the molecule is CC(C)(C)CCc1cccnc1.CC(C)(C)Cc1cc2ccccc2cn1.CC(C)(C)Cc1cccc(F)c1.CC(C)(C)Cc1cccc2ncccc12.CC(C)(C)Cc1ccccc1.COc1ccc(CC(C)(C)C)cn1.Cc1ccc(CC(C)(C)C)cn1.Cc1ccc(F)nc1CC(C)(C)C. The van der Waals surface area contributed by atoms with Gasteiger partial charge in [-0.2, -0.15) is 4.39 Å². The van der Waals surface area contributed by atoms with E-state index in [1.807, 2.05) is 81.4 Å². The smallest absolute Gasteiger partial charge is 0.213 e. The lowest BCUT2D eigenvalue weighted by Gasteiger charge is -2.19. The van der Waals surface area contributed by atoms with Crippen LogP contribution in [0.3, 0.4) is 0 Å². The summed E-state index contributed by atoms with van der Waals surface area (Å²) in [5, 5.41) is 3.79. The Morgan fingerprint density at radius 1 is 0.359 bits per heavy atom. The van der Waals surface area contributed by atoms with Gasteiger partial charge in [-0.05, 0) is 208 Å². The molecule has 9 heteroatoms. The molecule has 10 aromatic rings. The van der Waals surface area contributed by atoms with Crippen LogP contribution in [0.5, 0.6) is 5.88 Å². The highest BCUT2D eigenvalue weighted by atomic mass is 19.1. The predicted octanol–water partition coefficient (Wildman–Crippen LogP) is 26.2. The van der Waals surface area contributed by atoms with E-state index in [2.05, 4.69) is 299 Å². The van der Waals surface area contributed by atoms with Gasteiger partial charge in [0.05, 0.1) is 12.6 Å². The first-order valence-corrected chi connectivity index (χ1v) is 37.0. The lowest BCUT2D eigenvalue weighted by molar-refractivity contribution is 0.378. The van der Waals surface area contributed by atoms with Gasteiger partial charge in [-0.1, -0.05) is 275 Å². The summed E-state index contributed by atoms with van der Waals surface area (Å²) >= 11 is 0. The fraction of sp³-hybridized carbons (Fsp3) is 0.468. The van der Waals surface area contributed by atoms with E-state index in [1.54, 1.807) is 25.3 Å². The van der Waals surface area contributed by atoms with Gasteiger partial charge in [-0.3, -0.25) is 19.9 Å². The van der Waals surface area contributed by atoms with Crippen LogP contribution in [0.4, 0.5) is 8.78 Å². The van der Waals surface area contributed by atoms with E-state index in [4.69, 9.17) is 4.74 Å². The molecule has 0 aliphatic heterocycles. The Bertz CT molecular complexity index is 3970. The van der Waals surface area contributed by atoms with Crippen molar-refractivity contribution in [1.82, 2.24) is 29.9 Å². The maximum absolute atomic E-state index is 12.8. The minimum Gasteiger partial charge on any atom is -0.481 e. The number of rotatable bonds is 10. The molecule has 0 spiro atoms. The average molecular weight is 1400 g/mol. The van der Waals surface area contributed by atoms with Gasteiger partial charge < -0.3 is 4.74 Å². The van der Waals surface area contributed by atoms with Gasteiger partial charge in [0.15, 0.2) is 0 Å².